The van der Waals surface area contributed by atoms with Crippen LogP contribution >= 0.6 is 15.9 Å². The monoisotopic (exact) mass is 344 g/mol. The van der Waals surface area contributed by atoms with E-state index in [-0.39, 0.29) is 23.1 Å². The van der Waals surface area contributed by atoms with Crippen LogP contribution in [-0.2, 0) is 9.59 Å². The van der Waals surface area contributed by atoms with Gasteiger partial charge in [0.15, 0.2) is 0 Å². The number of nitrogens with zero attached hydrogens (tertiary/aromatic N) is 1. The lowest BCUT2D eigenvalue weighted by molar-refractivity contribution is -0.144. The number of aliphatic carboxylic acids is 1. The number of rotatable bonds is 2. The van der Waals surface area contributed by atoms with Crippen molar-refractivity contribution >= 4 is 33.7 Å². The molecule has 2 N–H and O–H groups in total. The number of carbonyl (C=O) groups excluding carboxylic acids is 2. The lowest BCUT2D eigenvalue weighted by Crippen LogP contribution is -2.59. The molecule has 1 unspecified atom stereocenters. The second kappa shape index (κ2) is 5.58. The van der Waals surface area contributed by atoms with Crippen LogP contribution in [0.25, 0.3) is 0 Å². The fourth-order valence-electron chi connectivity index (χ4n) is 1.87. The highest BCUT2D eigenvalue weighted by Crippen LogP contribution is 2.19. The topological polar surface area (TPSA) is 86.7 Å². The number of halogens is 2. The molecule has 0 spiro atoms. The highest BCUT2D eigenvalue weighted by atomic mass is 79.9. The number of carboxylic acid groups (broad SMARTS) is 1. The maximum Gasteiger partial charge on any atom is 0.328 e. The van der Waals surface area contributed by atoms with E-state index in [0.29, 0.717) is 0 Å². The highest BCUT2D eigenvalue weighted by molar-refractivity contribution is 9.10. The Labute approximate surface area is 121 Å². The quantitative estimate of drug-likeness (QED) is 0.823. The van der Waals surface area contributed by atoms with Gasteiger partial charge in [-0.15, -0.1) is 0 Å². The van der Waals surface area contributed by atoms with Crippen LogP contribution in [0.5, 0.6) is 0 Å². The van der Waals surface area contributed by atoms with Crippen molar-refractivity contribution in [2.45, 2.75) is 6.04 Å². The molecule has 1 aliphatic rings. The predicted octanol–water partition coefficient (Wildman–Crippen LogP) is 0.613. The fraction of sp³-hybridized carbons (Fsp3) is 0.250. The zero-order chi connectivity index (χ0) is 14.9. The largest absolute Gasteiger partial charge is 0.480 e. The summed E-state index contributed by atoms with van der Waals surface area (Å²) in [6.45, 7) is -0.493. The summed E-state index contributed by atoms with van der Waals surface area (Å²) in [7, 11) is 0. The summed E-state index contributed by atoms with van der Waals surface area (Å²) in [5, 5.41) is 11.5. The molecule has 1 aromatic carbocycles. The maximum absolute atomic E-state index is 13.1. The Hall–Kier alpha value is -1.96. The molecule has 1 aliphatic heterocycles. The normalized spacial score (nSPS) is 18.6. The third kappa shape index (κ3) is 2.79. The molecule has 106 valence electrons. The first-order valence-corrected chi connectivity index (χ1v) is 6.45. The molecule has 1 fully saturated rings. The number of carbonyl (C=O) groups is 3. The third-order valence-electron chi connectivity index (χ3n) is 2.90. The van der Waals surface area contributed by atoms with Gasteiger partial charge in [-0.25, -0.2) is 9.18 Å². The van der Waals surface area contributed by atoms with Crippen LogP contribution in [0.1, 0.15) is 10.4 Å². The molecule has 2 rings (SSSR count). The van der Waals surface area contributed by atoms with Crippen molar-refractivity contribution in [2.75, 3.05) is 13.1 Å². The molecule has 0 bridgehead atoms. The van der Waals surface area contributed by atoms with Gasteiger partial charge in [0.25, 0.3) is 5.91 Å². The SMILES string of the molecule is O=C1CN(C(=O)c2ccc(F)c(Br)c2)C(C(=O)O)CN1. The van der Waals surface area contributed by atoms with Crippen LogP contribution in [0.15, 0.2) is 22.7 Å². The molecule has 8 heteroatoms. The molecule has 0 radical (unpaired) electrons. The van der Waals surface area contributed by atoms with E-state index >= 15 is 0 Å². The number of carboxylic acids is 1. The smallest absolute Gasteiger partial charge is 0.328 e. The highest BCUT2D eigenvalue weighted by Gasteiger charge is 2.35. The molecule has 1 heterocycles. The molecule has 0 aromatic heterocycles. The Bertz CT molecular complexity index is 593. The van der Waals surface area contributed by atoms with E-state index in [2.05, 4.69) is 21.2 Å². The van der Waals surface area contributed by atoms with Crippen molar-refractivity contribution in [3.05, 3.63) is 34.1 Å². The first kappa shape index (κ1) is 14.4. The van der Waals surface area contributed by atoms with Crippen LogP contribution in [0, 0.1) is 5.82 Å². The molecule has 1 aromatic rings. The van der Waals surface area contributed by atoms with Gasteiger partial charge in [-0.3, -0.25) is 9.59 Å². The fourth-order valence-corrected chi connectivity index (χ4v) is 2.25. The van der Waals surface area contributed by atoms with E-state index in [1.807, 2.05) is 0 Å². The number of benzene rings is 1. The van der Waals surface area contributed by atoms with Gasteiger partial charge in [-0.05, 0) is 34.1 Å². The van der Waals surface area contributed by atoms with Crippen molar-refractivity contribution in [3.63, 3.8) is 0 Å². The number of nitrogens with one attached hydrogen (secondary N) is 1. The van der Waals surface area contributed by atoms with E-state index in [4.69, 9.17) is 5.11 Å². The van der Waals surface area contributed by atoms with Crippen molar-refractivity contribution in [2.24, 2.45) is 0 Å². The molecule has 2 amide bonds. The van der Waals surface area contributed by atoms with Gasteiger partial charge in [-0.1, -0.05) is 0 Å². The summed E-state index contributed by atoms with van der Waals surface area (Å²) in [4.78, 5) is 35.7. The summed E-state index contributed by atoms with van der Waals surface area (Å²) in [5.41, 5.74) is 0.110. The molecule has 20 heavy (non-hydrogen) atoms. The number of hydrogen-bond donors (Lipinski definition) is 2. The predicted molar refractivity (Wildman–Crippen MR) is 69.6 cm³/mol. The summed E-state index contributed by atoms with van der Waals surface area (Å²) < 4.78 is 13.2. The molecular weight excluding hydrogens is 335 g/mol. The molecule has 0 aliphatic carbocycles. The third-order valence-corrected chi connectivity index (χ3v) is 3.50. The molecule has 6 nitrogen and oxygen atoms in total. The lowest BCUT2D eigenvalue weighted by atomic mass is 10.1. The van der Waals surface area contributed by atoms with E-state index in [9.17, 15) is 18.8 Å². The van der Waals surface area contributed by atoms with Crippen LogP contribution in [0.4, 0.5) is 4.39 Å². The first-order chi connectivity index (χ1) is 9.40. The Morgan fingerprint density at radius 1 is 1.45 bits per heavy atom. The first-order valence-electron chi connectivity index (χ1n) is 5.65. The standard InChI is InChI=1S/C12H10BrFN2O4/c13-7-3-6(1-2-8(7)14)11(18)16-5-10(17)15-4-9(16)12(19)20/h1-3,9H,4-5H2,(H,15,17)(H,19,20). The van der Waals surface area contributed by atoms with Crippen LogP contribution in [0.2, 0.25) is 0 Å². The van der Waals surface area contributed by atoms with E-state index in [1.54, 1.807) is 0 Å². The summed E-state index contributed by atoms with van der Waals surface area (Å²) in [6.07, 6.45) is 0. The Kier molecular flexibility index (Phi) is 4.03. The molecule has 1 atom stereocenters. The maximum atomic E-state index is 13.1. The Balaban J connectivity index is 2.31. The number of hydrogen-bond acceptors (Lipinski definition) is 3. The van der Waals surface area contributed by atoms with E-state index in [0.717, 1.165) is 11.0 Å². The van der Waals surface area contributed by atoms with Crippen LogP contribution in [0.3, 0.4) is 0 Å². The lowest BCUT2D eigenvalue weighted by Gasteiger charge is -2.32. The zero-order valence-corrected chi connectivity index (χ0v) is 11.7. The number of piperazine rings is 1. The zero-order valence-electron chi connectivity index (χ0n) is 10.1. The van der Waals surface area contributed by atoms with E-state index in [1.165, 1.54) is 12.1 Å². The van der Waals surface area contributed by atoms with Crippen LogP contribution in [-0.4, -0.2) is 46.9 Å². The van der Waals surface area contributed by atoms with Gasteiger partial charge in [0.1, 0.15) is 18.4 Å². The van der Waals surface area contributed by atoms with Gasteiger partial charge < -0.3 is 15.3 Å². The van der Waals surface area contributed by atoms with Gasteiger partial charge >= 0.3 is 5.97 Å². The van der Waals surface area contributed by atoms with Crippen molar-refractivity contribution in [1.82, 2.24) is 10.2 Å². The van der Waals surface area contributed by atoms with Gasteiger partial charge in [-0.2, -0.15) is 0 Å². The minimum absolute atomic E-state index is 0.0942. The van der Waals surface area contributed by atoms with Gasteiger partial charge in [0.2, 0.25) is 5.91 Å². The van der Waals surface area contributed by atoms with Crippen LogP contribution < -0.4 is 5.32 Å². The molecular formula is C12H10BrFN2O4. The Morgan fingerprint density at radius 2 is 2.15 bits per heavy atom. The second-order valence-corrected chi connectivity index (χ2v) is 5.07. The van der Waals surface area contributed by atoms with Crippen molar-refractivity contribution in [3.8, 4) is 0 Å². The minimum atomic E-state index is -1.21. The minimum Gasteiger partial charge on any atom is -0.480 e. The summed E-state index contributed by atoms with van der Waals surface area (Å²) in [5.74, 6) is -2.81. The van der Waals surface area contributed by atoms with Crippen molar-refractivity contribution in [1.29, 1.82) is 0 Å². The van der Waals surface area contributed by atoms with Gasteiger partial charge in [0.05, 0.1) is 4.47 Å². The summed E-state index contributed by atoms with van der Waals surface area (Å²) >= 11 is 2.95. The second-order valence-electron chi connectivity index (χ2n) is 4.22. The van der Waals surface area contributed by atoms with E-state index < -0.39 is 29.6 Å². The average Bonchev–Trinajstić information content (AvgIpc) is 2.40. The Morgan fingerprint density at radius 3 is 2.75 bits per heavy atom. The van der Waals surface area contributed by atoms with Gasteiger partial charge in [0, 0.05) is 12.1 Å². The van der Waals surface area contributed by atoms with Crippen molar-refractivity contribution < 1.29 is 23.9 Å². The molecule has 0 saturated carbocycles. The molecule has 1 saturated heterocycles. The average molecular weight is 345 g/mol. The number of amides is 2. The summed E-state index contributed by atoms with van der Waals surface area (Å²) in [6, 6.07) is 2.46.